The Labute approximate surface area is 103 Å². The van der Waals surface area contributed by atoms with Crippen LogP contribution in [0.3, 0.4) is 0 Å². The molecule has 0 heterocycles. The van der Waals surface area contributed by atoms with Crippen molar-refractivity contribution < 1.29 is 4.74 Å². The Bertz CT molecular complexity index is 367. The number of ether oxygens (including phenoxy) is 1. The van der Waals surface area contributed by atoms with Gasteiger partial charge in [0, 0.05) is 12.6 Å². The molecule has 3 nitrogen and oxygen atoms in total. The quantitative estimate of drug-likeness (QED) is 0.819. The number of benzene rings is 1. The smallest absolute Gasteiger partial charge is 0.118 e. The molecule has 0 amide bonds. The Morgan fingerprint density at radius 2 is 1.94 bits per heavy atom. The molecule has 2 atom stereocenters. The first-order valence-corrected chi connectivity index (χ1v) is 5.91. The summed E-state index contributed by atoms with van der Waals surface area (Å²) in [6.45, 7) is 4.80. The number of hydrogen-bond acceptors (Lipinski definition) is 3. The number of nitriles is 1. The Kier molecular flexibility index (Phi) is 5.51. The van der Waals surface area contributed by atoms with Crippen molar-refractivity contribution in [1.82, 2.24) is 5.32 Å². The van der Waals surface area contributed by atoms with E-state index in [0.29, 0.717) is 6.04 Å². The maximum absolute atomic E-state index is 8.69. The highest BCUT2D eigenvalue weighted by molar-refractivity contribution is 5.27. The average Bonchev–Trinajstić information content (AvgIpc) is 2.36. The zero-order valence-electron chi connectivity index (χ0n) is 10.7. The van der Waals surface area contributed by atoms with Crippen molar-refractivity contribution in [2.24, 2.45) is 5.92 Å². The molecule has 0 aromatic heterocycles. The Morgan fingerprint density at radius 3 is 2.47 bits per heavy atom. The molecule has 1 rings (SSSR count). The van der Waals surface area contributed by atoms with Crippen molar-refractivity contribution in [3.8, 4) is 11.8 Å². The molecule has 0 aliphatic carbocycles. The fourth-order valence-corrected chi connectivity index (χ4v) is 1.61. The van der Waals surface area contributed by atoms with E-state index < -0.39 is 0 Å². The van der Waals surface area contributed by atoms with Crippen LogP contribution in [0.2, 0.25) is 0 Å². The number of nitrogens with one attached hydrogen (secondary N) is 1. The second-order valence-corrected chi connectivity index (χ2v) is 4.39. The second-order valence-electron chi connectivity index (χ2n) is 4.39. The van der Waals surface area contributed by atoms with Crippen LogP contribution < -0.4 is 10.1 Å². The molecule has 0 saturated heterocycles. The molecule has 0 fully saturated rings. The highest BCUT2D eigenvalue weighted by atomic mass is 16.5. The first-order chi connectivity index (χ1) is 8.15. The Balaban J connectivity index is 2.39. The van der Waals surface area contributed by atoms with E-state index in [-0.39, 0.29) is 5.92 Å². The topological polar surface area (TPSA) is 45.0 Å². The van der Waals surface area contributed by atoms with Gasteiger partial charge in [0.2, 0.25) is 0 Å². The maximum atomic E-state index is 8.69. The molecule has 92 valence electrons. The van der Waals surface area contributed by atoms with Crippen LogP contribution in [0.5, 0.6) is 5.75 Å². The summed E-state index contributed by atoms with van der Waals surface area (Å²) in [6, 6.07) is 10.7. The lowest BCUT2D eigenvalue weighted by Gasteiger charge is -2.14. The van der Waals surface area contributed by atoms with Crippen LogP contribution in [-0.2, 0) is 6.42 Å². The molecule has 17 heavy (non-hydrogen) atoms. The van der Waals surface area contributed by atoms with E-state index in [1.165, 1.54) is 5.56 Å². The maximum Gasteiger partial charge on any atom is 0.118 e. The lowest BCUT2D eigenvalue weighted by Crippen LogP contribution is -2.31. The van der Waals surface area contributed by atoms with Crippen molar-refractivity contribution >= 4 is 0 Å². The predicted octanol–water partition coefficient (Wildman–Crippen LogP) is 2.38. The molecule has 0 bridgehead atoms. The molecule has 1 N–H and O–H groups in total. The van der Waals surface area contributed by atoms with Crippen LogP contribution in [0, 0.1) is 17.2 Å². The molecule has 0 saturated carbocycles. The molecular formula is C14H20N2O. The minimum Gasteiger partial charge on any atom is -0.497 e. The van der Waals surface area contributed by atoms with Gasteiger partial charge >= 0.3 is 0 Å². The molecule has 0 spiro atoms. The van der Waals surface area contributed by atoms with Crippen molar-refractivity contribution in [3.05, 3.63) is 29.8 Å². The third kappa shape index (κ3) is 4.88. The van der Waals surface area contributed by atoms with Crippen molar-refractivity contribution in [2.75, 3.05) is 13.7 Å². The minimum atomic E-state index is 0.0633. The van der Waals surface area contributed by atoms with Gasteiger partial charge in [0.15, 0.2) is 0 Å². The molecular weight excluding hydrogens is 212 g/mol. The summed E-state index contributed by atoms with van der Waals surface area (Å²) >= 11 is 0. The zero-order valence-corrected chi connectivity index (χ0v) is 10.7. The summed E-state index contributed by atoms with van der Waals surface area (Å²) < 4.78 is 5.12. The van der Waals surface area contributed by atoms with Gasteiger partial charge in [-0.25, -0.2) is 0 Å². The van der Waals surface area contributed by atoms with Gasteiger partial charge in [-0.15, -0.1) is 0 Å². The summed E-state index contributed by atoms with van der Waals surface area (Å²) in [7, 11) is 1.67. The summed E-state index contributed by atoms with van der Waals surface area (Å²) in [4.78, 5) is 0. The van der Waals surface area contributed by atoms with Gasteiger partial charge in [0.05, 0.1) is 19.1 Å². The van der Waals surface area contributed by atoms with Crippen LogP contribution in [-0.4, -0.2) is 19.7 Å². The van der Waals surface area contributed by atoms with E-state index in [0.717, 1.165) is 18.7 Å². The monoisotopic (exact) mass is 232 g/mol. The number of hydrogen-bond donors (Lipinski definition) is 1. The lowest BCUT2D eigenvalue weighted by molar-refractivity contribution is 0.414. The largest absolute Gasteiger partial charge is 0.497 e. The van der Waals surface area contributed by atoms with Gasteiger partial charge in [-0.3, -0.25) is 0 Å². The normalized spacial score (nSPS) is 13.8. The Morgan fingerprint density at radius 1 is 1.29 bits per heavy atom. The predicted molar refractivity (Wildman–Crippen MR) is 68.9 cm³/mol. The molecule has 0 radical (unpaired) electrons. The second kappa shape index (κ2) is 6.93. The minimum absolute atomic E-state index is 0.0633. The van der Waals surface area contributed by atoms with Crippen molar-refractivity contribution in [3.63, 3.8) is 0 Å². The standard InChI is InChI=1S/C14H20N2O/c1-11(9-15)10-16-12(2)8-13-4-6-14(17-3)7-5-13/h4-7,11-12,16H,8,10H2,1-3H3. The van der Waals surface area contributed by atoms with Crippen LogP contribution in [0.4, 0.5) is 0 Å². The van der Waals surface area contributed by atoms with Gasteiger partial charge in [-0.05, 0) is 38.0 Å². The summed E-state index contributed by atoms with van der Waals surface area (Å²) in [6.07, 6.45) is 0.960. The van der Waals surface area contributed by atoms with Gasteiger partial charge in [-0.2, -0.15) is 5.26 Å². The summed E-state index contributed by atoms with van der Waals surface area (Å²) in [5, 5.41) is 12.0. The van der Waals surface area contributed by atoms with E-state index in [9.17, 15) is 0 Å². The van der Waals surface area contributed by atoms with Crippen LogP contribution in [0.15, 0.2) is 24.3 Å². The van der Waals surface area contributed by atoms with E-state index >= 15 is 0 Å². The molecule has 3 heteroatoms. The van der Waals surface area contributed by atoms with E-state index in [1.54, 1.807) is 7.11 Å². The van der Waals surface area contributed by atoms with E-state index in [4.69, 9.17) is 10.00 Å². The fourth-order valence-electron chi connectivity index (χ4n) is 1.61. The molecule has 1 aromatic rings. The molecule has 0 aliphatic heterocycles. The summed E-state index contributed by atoms with van der Waals surface area (Å²) in [5.74, 6) is 0.945. The van der Waals surface area contributed by atoms with Gasteiger partial charge < -0.3 is 10.1 Å². The molecule has 0 aliphatic rings. The third-order valence-electron chi connectivity index (χ3n) is 2.69. The first kappa shape index (κ1) is 13.5. The van der Waals surface area contributed by atoms with Gasteiger partial charge in [-0.1, -0.05) is 12.1 Å². The van der Waals surface area contributed by atoms with Crippen LogP contribution in [0.1, 0.15) is 19.4 Å². The van der Waals surface area contributed by atoms with Crippen molar-refractivity contribution in [1.29, 1.82) is 5.26 Å². The number of rotatable bonds is 6. The summed E-state index contributed by atoms with van der Waals surface area (Å²) in [5.41, 5.74) is 1.27. The lowest BCUT2D eigenvalue weighted by atomic mass is 10.1. The van der Waals surface area contributed by atoms with Crippen molar-refractivity contribution in [2.45, 2.75) is 26.3 Å². The van der Waals surface area contributed by atoms with Gasteiger partial charge in [0.1, 0.15) is 5.75 Å². The third-order valence-corrected chi connectivity index (χ3v) is 2.69. The van der Waals surface area contributed by atoms with Crippen LogP contribution >= 0.6 is 0 Å². The van der Waals surface area contributed by atoms with E-state index in [2.05, 4.69) is 30.4 Å². The zero-order chi connectivity index (χ0) is 12.7. The SMILES string of the molecule is COc1ccc(CC(C)NCC(C)C#N)cc1. The Hall–Kier alpha value is -1.53. The molecule has 1 aromatic carbocycles. The first-order valence-electron chi connectivity index (χ1n) is 5.91. The number of nitrogens with zero attached hydrogens (tertiary/aromatic N) is 1. The average molecular weight is 232 g/mol. The van der Waals surface area contributed by atoms with E-state index in [1.807, 2.05) is 19.1 Å². The number of methoxy groups -OCH3 is 1. The van der Waals surface area contributed by atoms with Gasteiger partial charge in [0.25, 0.3) is 0 Å². The highest BCUT2D eigenvalue weighted by Crippen LogP contribution is 2.12. The highest BCUT2D eigenvalue weighted by Gasteiger charge is 2.05. The van der Waals surface area contributed by atoms with Crippen LogP contribution in [0.25, 0.3) is 0 Å². The fraction of sp³-hybridized carbons (Fsp3) is 0.500. The molecule has 2 unspecified atom stereocenters.